The molecule has 2 bridgehead atoms. The molecule has 0 radical (unpaired) electrons. The Hall–Kier alpha value is -3.96. The summed E-state index contributed by atoms with van der Waals surface area (Å²) in [7, 11) is 0. The second-order valence-corrected chi connectivity index (χ2v) is 12.4. The minimum absolute atomic E-state index is 0.0224. The van der Waals surface area contributed by atoms with E-state index in [-0.39, 0.29) is 36.5 Å². The molecule has 2 N–H and O–H groups in total. The van der Waals surface area contributed by atoms with Crippen LogP contribution < -0.4 is 14.8 Å². The van der Waals surface area contributed by atoms with Gasteiger partial charge in [0.1, 0.15) is 24.7 Å². The molecule has 45 heavy (non-hydrogen) atoms. The van der Waals surface area contributed by atoms with E-state index in [9.17, 15) is 23.5 Å². The van der Waals surface area contributed by atoms with Crippen LogP contribution >= 0.6 is 15.9 Å². The standard InChI is InChI=1S/C34H34BrF2N3O5/c35-23-6-12-27(13-7-23)45-17-16-44-26-10-4-21(5-11-26)28-18-25-19-38-20-30(40(25)34(42)43)31(28)33(41)39(24-8-9-24)15-14-22-2-1-3-29(36)32(22)37/h1-7,10-13,24-25,30,38H,8-9,14-20H2,(H,42,43). The van der Waals surface area contributed by atoms with Crippen molar-refractivity contribution in [1.82, 2.24) is 15.1 Å². The number of hydrogen-bond donors (Lipinski definition) is 2. The minimum atomic E-state index is -1.07. The number of hydrogen-bond acceptors (Lipinski definition) is 5. The molecule has 6 rings (SSSR count). The van der Waals surface area contributed by atoms with Gasteiger partial charge >= 0.3 is 6.09 Å². The molecule has 2 fully saturated rings. The SMILES string of the molecule is O=C(C1=C(c2ccc(OCCOc3ccc(Br)cc3)cc2)CC2CNCC1N2C(=O)O)N(CCc1cccc(F)c1F)C1CC1. The number of rotatable bonds is 11. The molecule has 236 valence electrons. The largest absolute Gasteiger partial charge is 0.490 e. The first kappa shape index (κ1) is 31.0. The number of carbonyl (C=O) groups is 2. The van der Waals surface area contributed by atoms with E-state index in [2.05, 4.69) is 21.2 Å². The third-order valence-corrected chi connectivity index (χ3v) is 9.06. The van der Waals surface area contributed by atoms with Crippen molar-refractivity contribution >= 4 is 33.5 Å². The van der Waals surface area contributed by atoms with Gasteiger partial charge in [-0.05, 0) is 84.8 Å². The summed E-state index contributed by atoms with van der Waals surface area (Å²) in [6.45, 7) is 1.70. The van der Waals surface area contributed by atoms with E-state index in [0.717, 1.165) is 40.3 Å². The minimum Gasteiger partial charge on any atom is -0.490 e. The molecule has 2 atom stereocenters. The first-order valence-corrected chi connectivity index (χ1v) is 15.9. The molecule has 1 saturated carbocycles. The Morgan fingerprint density at radius 3 is 2.27 bits per heavy atom. The molecule has 3 aliphatic rings. The average Bonchev–Trinajstić information content (AvgIpc) is 3.87. The number of piperazine rings is 1. The zero-order valence-corrected chi connectivity index (χ0v) is 26.1. The summed E-state index contributed by atoms with van der Waals surface area (Å²) in [4.78, 5) is 29.9. The molecule has 1 saturated heterocycles. The number of carbonyl (C=O) groups excluding carboxylic acids is 1. The second-order valence-electron chi connectivity index (χ2n) is 11.5. The molecule has 11 heteroatoms. The van der Waals surface area contributed by atoms with E-state index >= 15 is 0 Å². The lowest BCUT2D eigenvalue weighted by Gasteiger charge is -2.47. The van der Waals surface area contributed by atoms with Crippen molar-refractivity contribution in [2.45, 2.75) is 43.8 Å². The number of benzene rings is 3. The Morgan fingerprint density at radius 1 is 0.956 bits per heavy atom. The first-order valence-electron chi connectivity index (χ1n) is 15.1. The molecule has 3 aromatic rings. The number of ether oxygens (including phenoxy) is 2. The Kier molecular flexibility index (Phi) is 9.37. The topological polar surface area (TPSA) is 91.3 Å². The average molecular weight is 683 g/mol. The molecule has 8 nitrogen and oxygen atoms in total. The molecule has 0 spiro atoms. The third kappa shape index (κ3) is 6.99. The molecule has 3 aromatic carbocycles. The molecule has 1 aliphatic carbocycles. The van der Waals surface area contributed by atoms with Crippen LogP contribution in [0.1, 0.15) is 30.4 Å². The van der Waals surface area contributed by atoms with Gasteiger partial charge in [-0.3, -0.25) is 9.69 Å². The van der Waals surface area contributed by atoms with Gasteiger partial charge in [-0.2, -0.15) is 0 Å². The van der Waals surface area contributed by atoms with Crippen LogP contribution in [0.15, 0.2) is 76.8 Å². The van der Waals surface area contributed by atoms with Crippen molar-refractivity contribution in [1.29, 1.82) is 0 Å². The summed E-state index contributed by atoms with van der Waals surface area (Å²) in [6, 6.07) is 18.1. The quantitative estimate of drug-likeness (QED) is 0.245. The lowest BCUT2D eigenvalue weighted by atomic mass is 9.82. The Bertz CT molecular complexity index is 1580. The highest BCUT2D eigenvalue weighted by molar-refractivity contribution is 9.10. The van der Waals surface area contributed by atoms with Crippen molar-refractivity contribution in [3.8, 4) is 11.5 Å². The second kappa shape index (κ2) is 13.6. The zero-order chi connectivity index (χ0) is 31.5. The summed E-state index contributed by atoms with van der Waals surface area (Å²) in [5.74, 6) is -0.691. The fourth-order valence-electron chi connectivity index (χ4n) is 6.21. The van der Waals surface area contributed by atoms with Gasteiger partial charge in [0.15, 0.2) is 11.6 Å². The zero-order valence-electron chi connectivity index (χ0n) is 24.6. The fraction of sp³-hybridized carbons (Fsp3) is 0.353. The Morgan fingerprint density at radius 2 is 1.62 bits per heavy atom. The van der Waals surface area contributed by atoms with E-state index in [1.165, 1.54) is 17.0 Å². The summed E-state index contributed by atoms with van der Waals surface area (Å²) in [5, 5.41) is 13.4. The van der Waals surface area contributed by atoms with Crippen LogP contribution in [0.5, 0.6) is 11.5 Å². The summed E-state index contributed by atoms with van der Waals surface area (Å²) < 4.78 is 40.9. The molecule has 0 aromatic heterocycles. The third-order valence-electron chi connectivity index (χ3n) is 8.54. The van der Waals surface area contributed by atoms with Gasteiger partial charge in [-0.1, -0.05) is 40.2 Å². The van der Waals surface area contributed by atoms with Crippen molar-refractivity contribution in [2.75, 3.05) is 32.8 Å². The van der Waals surface area contributed by atoms with E-state index in [4.69, 9.17) is 9.47 Å². The Labute approximate surface area is 268 Å². The van der Waals surface area contributed by atoms with Crippen LogP contribution in [-0.4, -0.2) is 77.9 Å². The Balaban J connectivity index is 1.23. The summed E-state index contributed by atoms with van der Waals surface area (Å²) in [6.07, 6.45) is 1.08. The van der Waals surface area contributed by atoms with Gasteiger partial charge in [-0.15, -0.1) is 0 Å². The lowest BCUT2D eigenvalue weighted by Crippen LogP contribution is -2.63. The molecule has 2 aliphatic heterocycles. The predicted molar refractivity (Wildman–Crippen MR) is 168 cm³/mol. The molecule has 2 heterocycles. The van der Waals surface area contributed by atoms with Gasteiger partial charge in [0, 0.05) is 35.7 Å². The number of nitrogens with one attached hydrogen (secondary N) is 1. The van der Waals surface area contributed by atoms with Crippen molar-refractivity contribution in [3.63, 3.8) is 0 Å². The number of nitrogens with zero attached hydrogens (tertiary/aromatic N) is 2. The van der Waals surface area contributed by atoms with Gasteiger partial charge < -0.3 is 24.8 Å². The highest BCUT2D eigenvalue weighted by Gasteiger charge is 2.46. The van der Waals surface area contributed by atoms with E-state index in [1.54, 1.807) is 4.90 Å². The maximum atomic E-state index is 14.5. The first-order chi connectivity index (χ1) is 21.8. The van der Waals surface area contributed by atoms with E-state index in [1.807, 2.05) is 48.5 Å². The summed E-state index contributed by atoms with van der Waals surface area (Å²) in [5.41, 5.74) is 2.27. The van der Waals surface area contributed by atoms with E-state index < -0.39 is 23.8 Å². The number of amides is 2. The van der Waals surface area contributed by atoms with Gasteiger partial charge in [0.05, 0.1) is 12.1 Å². The predicted octanol–water partition coefficient (Wildman–Crippen LogP) is 5.90. The fourth-order valence-corrected chi connectivity index (χ4v) is 6.47. The maximum absolute atomic E-state index is 14.5. The van der Waals surface area contributed by atoms with Crippen LogP contribution in [0, 0.1) is 11.6 Å². The van der Waals surface area contributed by atoms with Crippen LogP contribution in [0.3, 0.4) is 0 Å². The van der Waals surface area contributed by atoms with Crippen molar-refractivity contribution in [3.05, 3.63) is 99.5 Å². The van der Waals surface area contributed by atoms with E-state index in [0.29, 0.717) is 44.0 Å². The summed E-state index contributed by atoms with van der Waals surface area (Å²) >= 11 is 3.40. The molecular weight excluding hydrogens is 648 g/mol. The monoisotopic (exact) mass is 681 g/mol. The lowest BCUT2D eigenvalue weighted by molar-refractivity contribution is -0.128. The molecule has 2 amide bonds. The smallest absolute Gasteiger partial charge is 0.408 e. The van der Waals surface area contributed by atoms with Gasteiger partial charge in [0.25, 0.3) is 5.91 Å². The molecular formula is C34H34BrF2N3O5. The maximum Gasteiger partial charge on any atom is 0.408 e. The van der Waals surface area contributed by atoms with Crippen LogP contribution in [-0.2, 0) is 11.2 Å². The van der Waals surface area contributed by atoms with Crippen LogP contribution in [0.4, 0.5) is 13.6 Å². The van der Waals surface area contributed by atoms with Crippen LogP contribution in [0.2, 0.25) is 0 Å². The van der Waals surface area contributed by atoms with Gasteiger partial charge in [-0.25, -0.2) is 13.6 Å². The number of fused-ring (bicyclic) bond motifs is 2. The number of carboxylic acid groups (broad SMARTS) is 1. The van der Waals surface area contributed by atoms with Crippen molar-refractivity contribution in [2.24, 2.45) is 0 Å². The normalized spacial score (nSPS) is 19.3. The molecule has 2 unspecified atom stereocenters. The van der Waals surface area contributed by atoms with Crippen molar-refractivity contribution < 1.29 is 33.0 Å². The highest BCUT2D eigenvalue weighted by Crippen LogP contribution is 2.39. The van der Waals surface area contributed by atoms with Crippen LogP contribution in [0.25, 0.3) is 5.57 Å². The number of halogens is 3. The van der Waals surface area contributed by atoms with Gasteiger partial charge in [0.2, 0.25) is 0 Å². The highest BCUT2D eigenvalue weighted by atomic mass is 79.9.